The fraction of sp³-hybridized carbons (Fsp3) is 0.444. The molecule has 0 unspecified atom stereocenters. The number of rotatable bonds is 4. The van der Waals surface area contributed by atoms with Gasteiger partial charge in [0.05, 0.1) is 16.8 Å². The molecular formula is C18H19FN2OS. The van der Waals surface area contributed by atoms with Crippen molar-refractivity contribution < 1.29 is 9.18 Å². The van der Waals surface area contributed by atoms with Crippen molar-refractivity contribution in [2.75, 3.05) is 0 Å². The van der Waals surface area contributed by atoms with Gasteiger partial charge in [0.15, 0.2) is 4.80 Å². The second-order valence-corrected chi connectivity index (χ2v) is 6.97. The van der Waals surface area contributed by atoms with Crippen molar-refractivity contribution in [1.82, 2.24) is 4.57 Å². The SMILES string of the molecule is C#CCn1c(=NC(=O)CCC2CCCC2)sc2cccc(F)c21. The minimum absolute atomic E-state index is 0.144. The first-order chi connectivity index (χ1) is 11.2. The molecule has 3 nitrogen and oxygen atoms in total. The Morgan fingerprint density at radius 3 is 2.96 bits per heavy atom. The van der Waals surface area contributed by atoms with Crippen molar-refractivity contribution in [3.05, 3.63) is 28.8 Å². The molecule has 1 fully saturated rings. The van der Waals surface area contributed by atoms with E-state index < -0.39 is 0 Å². The predicted octanol–water partition coefficient (Wildman–Crippen LogP) is 3.87. The van der Waals surface area contributed by atoms with Crippen molar-refractivity contribution in [3.63, 3.8) is 0 Å². The third-order valence-electron chi connectivity index (χ3n) is 4.36. The molecule has 0 aliphatic heterocycles. The lowest BCUT2D eigenvalue weighted by atomic mass is 10.0. The number of hydrogen-bond donors (Lipinski definition) is 0. The molecule has 1 aliphatic rings. The molecule has 1 aromatic heterocycles. The number of nitrogens with zero attached hydrogens (tertiary/aromatic N) is 2. The van der Waals surface area contributed by atoms with Crippen LogP contribution in [0.2, 0.25) is 0 Å². The molecule has 0 atom stereocenters. The molecular weight excluding hydrogens is 311 g/mol. The van der Waals surface area contributed by atoms with Crippen LogP contribution in [0.25, 0.3) is 10.2 Å². The van der Waals surface area contributed by atoms with E-state index in [0.717, 1.165) is 11.1 Å². The van der Waals surface area contributed by atoms with Crippen molar-refractivity contribution in [3.8, 4) is 12.3 Å². The lowest BCUT2D eigenvalue weighted by Gasteiger charge is -2.05. The minimum atomic E-state index is -0.339. The number of aromatic nitrogens is 1. The summed E-state index contributed by atoms with van der Waals surface area (Å²) in [5.41, 5.74) is 0.429. The fourth-order valence-corrected chi connectivity index (χ4v) is 4.26. The van der Waals surface area contributed by atoms with Crippen LogP contribution in [0.15, 0.2) is 23.2 Å². The van der Waals surface area contributed by atoms with Gasteiger partial charge in [-0.25, -0.2) is 4.39 Å². The molecule has 0 spiro atoms. The van der Waals surface area contributed by atoms with Crippen LogP contribution in [-0.4, -0.2) is 10.5 Å². The average molecular weight is 330 g/mol. The maximum atomic E-state index is 14.1. The smallest absolute Gasteiger partial charge is 0.248 e. The van der Waals surface area contributed by atoms with Gasteiger partial charge in [-0.3, -0.25) is 4.79 Å². The highest BCUT2D eigenvalue weighted by molar-refractivity contribution is 7.16. The van der Waals surface area contributed by atoms with Gasteiger partial charge in [-0.1, -0.05) is 49.0 Å². The minimum Gasteiger partial charge on any atom is -0.302 e. The van der Waals surface area contributed by atoms with Crippen LogP contribution in [0.1, 0.15) is 38.5 Å². The van der Waals surface area contributed by atoms with Crippen LogP contribution in [0, 0.1) is 24.1 Å². The highest BCUT2D eigenvalue weighted by Crippen LogP contribution is 2.28. The first kappa shape index (κ1) is 15.9. The summed E-state index contributed by atoms with van der Waals surface area (Å²) in [6, 6.07) is 4.87. The molecule has 0 radical (unpaired) electrons. The highest BCUT2D eigenvalue weighted by atomic mass is 32.1. The Morgan fingerprint density at radius 2 is 2.22 bits per heavy atom. The van der Waals surface area contributed by atoms with Crippen LogP contribution in [-0.2, 0) is 11.3 Å². The molecule has 1 aliphatic carbocycles. The average Bonchev–Trinajstić information content (AvgIpc) is 3.15. The van der Waals surface area contributed by atoms with Crippen LogP contribution in [0.5, 0.6) is 0 Å². The number of para-hydroxylation sites is 1. The third kappa shape index (κ3) is 3.53. The van der Waals surface area contributed by atoms with Crippen molar-refractivity contribution in [2.24, 2.45) is 10.9 Å². The molecule has 1 heterocycles. The van der Waals surface area contributed by atoms with Gasteiger partial charge in [0, 0.05) is 6.42 Å². The molecule has 0 N–H and O–H groups in total. The van der Waals surface area contributed by atoms with Gasteiger partial charge in [0.1, 0.15) is 5.82 Å². The van der Waals surface area contributed by atoms with Crippen LogP contribution < -0.4 is 4.80 Å². The fourth-order valence-electron chi connectivity index (χ4n) is 3.20. The third-order valence-corrected chi connectivity index (χ3v) is 5.41. The van der Waals surface area contributed by atoms with E-state index >= 15 is 0 Å². The number of benzene rings is 1. The Bertz CT molecular complexity index is 822. The molecule has 0 bridgehead atoms. The summed E-state index contributed by atoms with van der Waals surface area (Å²) in [6.07, 6.45) is 11.7. The molecule has 0 saturated heterocycles. The number of carbonyl (C=O) groups excluding carboxylic acids is 1. The molecule has 3 rings (SSSR count). The van der Waals surface area contributed by atoms with Gasteiger partial charge >= 0.3 is 0 Å². The van der Waals surface area contributed by atoms with E-state index in [1.165, 1.54) is 43.1 Å². The predicted molar refractivity (Wildman–Crippen MR) is 90.4 cm³/mol. The Kier molecular flexibility index (Phi) is 4.92. The van der Waals surface area contributed by atoms with E-state index in [2.05, 4.69) is 10.9 Å². The number of fused-ring (bicyclic) bond motifs is 1. The quantitative estimate of drug-likeness (QED) is 0.784. The Labute approximate surface area is 138 Å². The van der Waals surface area contributed by atoms with Gasteiger partial charge < -0.3 is 4.57 Å². The topological polar surface area (TPSA) is 34.4 Å². The van der Waals surface area contributed by atoms with Crippen molar-refractivity contribution in [2.45, 2.75) is 45.1 Å². The Morgan fingerprint density at radius 1 is 1.43 bits per heavy atom. The monoisotopic (exact) mass is 330 g/mol. The summed E-state index contributed by atoms with van der Waals surface area (Å²) in [6.45, 7) is 0.204. The summed E-state index contributed by atoms with van der Waals surface area (Å²) in [5, 5.41) is 0. The second kappa shape index (κ2) is 7.10. The molecule has 5 heteroatoms. The molecule has 1 amide bonds. The van der Waals surface area contributed by atoms with E-state index in [4.69, 9.17) is 6.42 Å². The normalized spacial score (nSPS) is 16.1. The zero-order valence-electron chi connectivity index (χ0n) is 12.9. The number of hydrogen-bond acceptors (Lipinski definition) is 2. The van der Waals surface area contributed by atoms with Crippen LogP contribution >= 0.6 is 11.3 Å². The molecule has 23 heavy (non-hydrogen) atoms. The molecule has 1 saturated carbocycles. The summed E-state index contributed by atoms with van der Waals surface area (Å²) >= 11 is 1.30. The lowest BCUT2D eigenvalue weighted by molar-refractivity contribution is -0.118. The first-order valence-corrected chi connectivity index (χ1v) is 8.79. The lowest BCUT2D eigenvalue weighted by Crippen LogP contribution is -2.17. The van der Waals surface area contributed by atoms with Crippen molar-refractivity contribution >= 4 is 27.5 Å². The summed E-state index contributed by atoms with van der Waals surface area (Å²) in [5.74, 6) is 2.69. The molecule has 120 valence electrons. The van der Waals surface area contributed by atoms with Gasteiger partial charge in [-0.15, -0.1) is 6.42 Å². The number of amides is 1. The van der Waals surface area contributed by atoms with Crippen LogP contribution in [0.4, 0.5) is 4.39 Å². The second-order valence-electron chi connectivity index (χ2n) is 5.96. The standard InChI is InChI=1S/C18H19FN2OS/c1-2-12-21-17-14(19)8-5-9-15(17)23-18(21)20-16(22)11-10-13-6-3-4-7-13/h1,5,8-9,13H,3-4,6-7,10-12H2. The molecule has 1 aromatic carbocycles. The van der Waals surface area contributed by atoms with E-state index in [9.17, 15) is 9.18 Å². The highest BCUT2D eigenvalue weighted by Gasteiger charge is 2.16. The van der Waals surface area contributed by atoms with E-state index in [1.54, 1.807) is 10.6 Å². The van der Waals surface area contributed by atoms with Gasteiger partial charge in [0.25, 0.3) is 0 Å². The van der Waals surface area contributed by atoms with Gasteiger partial charge in [-0.2, -0.15) is 4.99 Å². The zero-order chi connectivity index (χ0) is 16.2. The number of terminal acetylenes is 1. The van der Waals surface area contributed by atoms with Crippen LogP contribution in [0.3, 0.4) is 0 Å². The van der Waals surface area contributed by atoms with E-state index in [0.29, 0.717) is 22.7 Å². The Hall–Kier alpha value is -1.93. The van der Waals surface area contributed by atoms with E-state index in [-0.39, 0.29) is 18.3 Å². The Balaban J connectivity index is 1.88. The molecule has 2 aromatic rings. The maximum Gasteiger partial charge on any atom is 0.248 e. The van der Waals surface area contributed by atoms with Gasteiger partial charge in [0.2, 0.25) is 5.91 Å². The number of thiazole rings is 1. The summed E-state index contributed by atoms with van der Waals surface area (Å²) < 4.78 is 16.4. The first-order valence-electron chi connectivity index (χ1n) is 7.98. The largest absolute Gasteiger partial charge is 0.302 e. The number of halogens is 1. The van der Waals surface area contributed by atoms with Crippen molar-refractivity contribution in [1.29, 1.82) is 0 Å². The van der Waals surface area contributed by atoms with E-state index in [1.807, 2.05) is 6.07 Å². The zero-order valence-corrected chi connectivity index (χ0v) is 13.7. The number of carbonyl (C=O) groups is 1. The summed E-state index contributed by atoms with van der Waals surface area (Å²) in [7, 11) is 0. The maximum absolute atomic E-state index is 14.1. The van der Waals surface area contributed by atoms with Gasteiger partial charge in [-0.05, 0) is 24.5 Å². The summed E-state index contributed by atoms with van der Waals surface area (Å²) in [4.78, 5) is 16.9.